The van der Waals surface area contributed by atoms with E-state index in [9.17, 15) is 8.42 Å². The maximum Gasteiger partial charge on any atom is 0.296 e. The van der Waals surface area contributed by atoms with Crippen LogP contribution in [0.3, 0.4) is 0 Å². The Kier molecular flexibility index (Phi) is 4.77. The van der Waals surface area contributed by atoms with Crippen molar-refractivity contribution < 1.29 is 13.0 Å². The van der Waals surface area contributed by atoms with Crippen LogP contribution in [0.15, 0.2) is 23.1 Å². The molecule has 0 aliphatic carbocycles. The molecular weight excluding hydrogens is 240 g/mol. The lowest BCUT2D eigenvalue weighted by atomic mass is 10.2. The monoisotopic (exact) mass is 258 g/mol. The number of nitrogens with two attached hydrogens (primary N) is 1. The van der Waals surface area contributed by atoms with Crippen LogP contribution in [0, 0.1) is 0 Å². The van der Waals surface area contributed by atoms with Gasteiger partial charge < -0.3 is 11.1 Å². The maximum atomic E-state index is 11.0. The van der Waals surface area contributed by atoms with E-state index in [1.807, 2.05) is 0 Å². The maximum absolute atomic E-state index is 11.0. The minimum atomic E-state index is -4.26. The molecule has 0 fully saturated rings. The van der Waals surface area contributed by atoms with Crippen LogP contribution in [0.4, 0.5) is 11.4 Å². The van der Waals surface area contributed by atoms with Gasteiger partial charge in [0.25, 0.3) is 10.1 Å². The molecule has 0 spiro atoms. The Labute approximate surface area is 102 Å². The van der Waals surface area contributed by atoms with Crippen LogP contribution in [0.1, 0.15) is 26.2 Å². The van der Waals surface area contributed by atoms with Gasteiger partial charge in [-0.2, -0.15) is 8.42 Å². The summed E-state index contributed by atoms with van der Waals surface area (Å²) in [4.78, 5) is -0.252. The van der Waals surface area contributed by atoms with E-state index in [1.54, 1.807) is 12.1 Å². The topological polar surface area (TPSA) is 92.4 Å². The van der Waals surface area contributed by atoms with Crippen molar-refractivity contribution in [1.82, 2.24) is 0 Å². The van der Waals surface area contributed by atoms with Gasteiger partial charge in [-0.1, -0.05) is 25.8 Å². The number of nitrogens with one attached hydrogen (secondary N) is 1. The van der Waals surface area contributed by atoms with Gasteiger partial charge in [0.2, 0.25) is 0 Å². The van der Waals surface area contributed by atoms with Gasteiger partial charge in [-0.3, -0.25) is 4.55 Å². The summed E-state index contributed by atoms with van der Waals surface area (Å²) in [6.07, 6.45) is 3.21. The van der Waals surface area contributed by atoms with E-state index in [0.29, 0.717) is 5.69 Å². The van der Waals surface area contributed by atoms with Crippen molar-refractivity contribution >= 4 is 21.5 Å². The zero-order valence-electron chi connectivity index (χ0n) is 9.81. The molecule has 0 atom stereocenters. The van der Waals surface area contributed by atoms with Gasteiger partial charge in [-0.05, 0) is 18.6 Å². The standard InChI is InChI=1S/C11H18N2O3S/c1-2-3-4-8-13-9-6-5-7-10(11(9)12)17(14,15)16/h5-7,13H,2-4,8,12H2,1H3,(H,14,15,16). The number of benzene rings is 1. The second-order valence-corrected chi connectivity index (χ2v) is 5.22. The average Bonchev–Trinajstić information content (AvgIpc) is 2.25. The summed E-state index contributed by atoms with van der Waals surface area (Å²) in [5, 5.41) is 3.06. The minimum absolute atomic E-state index is 0.0616. The van der Waals surface area contributed by atoms with Gasteiger partial charge in [0, 0.05) is 6.54 Å². The van der Waals surface area contributed by atoms with E-state index in [0.717, 1.165) is 25.8 Å². The third-order valence-corrected chi connectivity index (χ3v) is 3.35. The van der Waals surface area contributed by atoms with Gasteiger partial charge in [0.15, 0.2) is 0 Å². The molecule has 5 nitrogen and oxygen atoms in total. The molecule has 0 saturated heterocycles. The summed E-state index contributed by atoms with van der Waals surface area (Å²) in [5.74, 6) is 0. The Balaban J connectivity index is 2.81. The third-order valence-electron chi connectivity index (χ3n) is 2.44. The fourth-order valence-corrected chi connectivity index (χ4v) is 2.16. The van der Waals surface area contributed by atoms with Crippen LogP contribution in [-0.4, -0.2) is 19.5 Å². The lowest BCUT2D eigenvalue weighted by Gasteiger charge is -2.11. The second-order valence-electron chi connectivity index (χ2n) is 3.83. The first-order valence-corrected chi connectivity index (χ1v) is 7.00. The fourth-order valence-electron chi connectivity index (χ4n) is 1.52. The average molecular weight is 258 g/mol. The summed E-state index contributed by atoms with van der Waals surface area (Å²) >= 11 is 0. The van der Waals surface area contributed by atoms with Crippen molar-refractivity contribution in [3.8, 4) is 0 Å². The first-order chi connectivity index (χ1) is 7.96. The highest BCUT2D eigenvalue weighted by Crippen LogP contribution is 2.26. The molecule has 1 rings (SSSR count). The molecule has 1 aromatic rings. The van der Waals surface area contributed by atoms with E-state index in [1.165, 1.54) is 6.07 Å². The molecule has 0 aliphatic rings. The van der Waals surface area contributed by atoms with Crippen LogP contribution >= 0.6 is 0 Å². The van der Waals surface area contributed by atoms with Crippen LogP contribution in [0.5, 0.6) is 0 Å². The highest BCUT2D eigenvalue weighted by molar-refractivity contribution is 7.86. The molecule has 0 aliphatic heterocycles. The van der Waals surface area contributed by atoms with Crippen molar-refractivity contribution in [2.45, 2.75) is 31.1 Å². The molecule has 0 bridgehead atoms. The quantitative estimate of drug-likeness (QED) is 0.413. The van der Waals surface area contributed by atoms with Gasteiger partial charge in [-0.15, -0.1) is 0 Å². The zero-order chi connectivity index (χ0) is 12.9. The van der Waals surface area contributed by atoms with E-state index in [2.05, 4.69) is 12.2 Å². The molecule has 17 heavy (non-hydrogen) atoms. The first kappa shape index (κ1) is 13.8. The number of rotatable bonds is 6. The van der Waals surface area contributed by atoms with Gasteiger partial charge in [0.05, 0.1) is 11.4 Å². The molecule has 0 unspecified atom stereocenters. The van der Waals surface area contributed by atoms with E-state index in [4.69, 9.17) is 10.3 Å². The van der Waals surface area contributed by atoms with Crippen molar-refractivity contribution in [3.05, 3.63) is 18.2 Å². The lowest BCUT2D eigenvalue weighted by molar-refractivity contribution is 0.483. The molecule has 1 aromatic carbocycles. The van der Waals surface area contributed by atoms with Crippen molar-refractivity contribution in [2.75, 3.05) is 17.6 Å². The molecule has 0 amide bonds. The van der Waals surface area contributed by atoms with Crippen LogP contribution < -0.4 is 11.1 Å². The van der Waals surface area contributed by atoms with Crippen molar-refractivity contribution in [3.63, 3.8) is 0 Å². The molecule has 4 N–H and O–H groups in total. The van der Waals surface area contributed by atoms with Crippen molar-refractivity contribution in [2.24, 2.45) is 0 Å². The summed E-state index contributed by atoms with van der Waals surface area (Å²) in [5.41, 5.74) is 6.28. The number of hydrogen-bond acceptors (Lipinski definition) is 4. The molecule has 0 radical (unpaired) electrons. The normalized spacial score (nSPS) is 11.4. The van der Waals surface area contributed by atoms with E-state index in [-0.39, 0.29) is 10.6 Å². The Morgan fingerprint density at radius 3 is 2.65 bits per heavy atom. The van der Waals surface area contributed by atoms with E-state index < -0.39 is 10.1 Å². The number of unbranched alkanes of at least 4 members (excludes halogenated alkanes) is 2. The van der Waals surface area contributed by atoms with Gasteiger partial charge in [0.1, 0.15) is 4.90 Å². The Morgan fingerprint density at radius 2 is 2.06 bits per heavy atom. The number of nitrogen functional groups attached to an aromatic ring is 1. The minimum Gasteiger partial charge on any atom is -0.396 e. The lowest BCUT2D eigenvalue weighted by Crippen LogP contribution is -2.08. The highest BCUT2D eigenvalue weighted by atomic mass is 32.2. The van der Waals surface area contributed by atoms with Crippen LogP contribution in [0.25, 0.3) is 0 Å². The molecule has 0 saturated carbocycles. The summed E-state index contributed by atoms with van der Waals surface area (Å²) in [6, 6.07) is 4.51. The zero-order valence-corrected chi connectivity index (χ0v) is 10.6. The van der Waals surface area contributed by atoms with Crippen LogP contribution in [0.2, 0.25) is 0 Å². The predicted molar refractivity (Wildman–Crippen MR) is 68.7 cm³/mol. The predicted octanol–water partition coefficient (Wildman–Crippen LogP) is 2.12. The SMILES string of the molecule is CCCCCNc1cccc(S(=O)(=O)O)c1N. The smallest absolute Gasteiger partial charge is 0.296 e. The first-order valence-electron chi connectivity index (χ1n) is 5.56. The molecular formula is C11H18N2O3S. The molecule has 6 heteroatoms. The highest BCUT2D eigenvalue weighted by Gasteiger charge is 2.15. The Morgan fingerprint density at radius 1 is 1.35 bits per heavy atom. The van der Waals surface area contributed by atoms with Crippen LogP contribution in [-0.2, 0) is 10.1 Å². The number of hydrogen-bond donors (Lipinski definition) is 3. The third kappa shape index (κ3) is 3.90. The second kappa shape index (κ2) is 5.88. The van der Waals surface area contributed by atoms with Gasteiger partial charge >= 0.3 is 0 Å². The summed E-state index contributed by atoms with van der Waals surface area (Å²) < 4.78 is 31.0. The summed E-state index contributed by atoms with van der Waals surface area (Å²) in [6.45, 7) is 2.83. The summed E-state index contributed by atoms with van der Waals surface area (Å²) in [7, 11) is -4.26. The fraction of sp³-hybridized carbons (Fsp3) is 0.455. The number of anilines is 2. The molecule has 96 valence electrons. The number of para-hydroxylation sites is 1. The largest absolute Gasteiger partial charge is 0.396 e. The van der Waals surface area contributed by atoms with Gasteiger partial charge in [-0.25, -0.2) is 0 Å². The Bertz CT molecular complexity index is 472. The molecule has 0 heterocycles. The van der Waals surface area contributed by atoms with Crippen molar-refractivity contribution in [1.29, 1.82) is 0 Å². The Hall–Kier alpha value is -1.27. The van der Waals surface area contributed by atoms with E-state index >= 15 is 0 Å². The molecule has 0 aromatic heterocycles.